The van der Waals surface area contributed by atoms with Crippen LogP contribution < -0.4 is 5.32 Å². The molecule has 2 aliphatic rings. The molecule has 1 aromatic carbocycles. The number of anilines is 1. The number of rotatable bonds is 2. The number of hydrogen-bond acceptors (Lipinski definition) is 3. The Labute approximate surface area is 108 Å². The first-order valence-corrected chi connectivity index (χ1v) is 6.83. The molecule has 0 aromatic heterocycles. The molecule has 0 aliphatic carbocycles. The Kier molecular flexibility index (Phi) is 3.33. The molecule has 0 spiro atoms. The van der Waals surface area contributed by atoms with Gasteiger partial charge in [0, 0.05) is 30.3 Å². The molecule has 3 heteroatoms. The SMILES string of the molecule is O=C(c1ccc2c(c1)CCCN2)C1CCCOC1. The molecule has 0 saturated carbocycles. The number of hydrogen-bond donors (Lipinski definition) is 1. The quantitative estimate of drug-likeness (QED) is 0.814. The second kappa shape index (κ2) is 5.11. The van der Waals surface area contributed by atoms with Crippen molar-refractivity contribution in [1.82, 2.24) is 0 Å². The Balaban J connectivity index is 1.80. The van der Waals surface area contributed by atoms with Crippen LogP contribution in [0.3, 0.4) is 0 Å². The highest BCUT2D eigenvalue weighted by Gasteiger charge is 2.23. The number of carbonyl (C=O) groups excluding carboxylic acids is 1. The lowest BCUT2D eigenvalue weighted by Crippen LogP contribution is -2.25. The molecule has 1 N–H and O–H groups in total. The first kappa shape index (κ1) is 11.7. The van der Waals surface area contributed by atoms with E-state index in [0.717, 1.165) is 44.4 Å². The van der Waals surface area contributed by atoms with Gasteiger partial charge in [0.15, 0.2) is 5.78 Å². The monoisotopic (exact) mass is 245 g/mol. The number of fused-ring (bicyclic) bond motifs is 1. The smallest absolute Gasteiger partial charge is 0.168 e. The summed E-state index contributed by atoms with van der Waals surface area (Å²) in [6.45, 7) is 2.43. The summed E-state index contributed by atoms with van der Waals surface area (Å²) in [5.74, 6) is 0.316. The Morgan fingerprint density at radius 2 is 2.28 bits per heavy atom. The molecule has 3 nitrogen and oxygen atoms in total. The molecule has 18 heavy (non-hydrogen) atoms. The third kappa shape index (κ3) is 2.27. The van der Waals surface area contributed by atoms with Crippen LogP contribution in [-0.4, -0.2) is 25.5 Å². The van der Waals surface area contributed by atoms with Gasteiger partial charge in [-0.1, -0.05) is 0 Å². The number of benzene rings is 1. The molecular formula is C15H19NO2. The van der Waals surface area contributed by atoms with Crippen LogP contribution in [0.25, 0.3) is 0 Å². The predicted octanol–water partition coefficient (Wildman–Crippen LogP) is 2.65. The zero-order valence-electron chi connectivity index (χ0n) is 10.6. The van der Waals surface area contributed by atoms with Gasteiger partial charge < -0.3 is 10.1 Å². The van der Waals surface area contributed by atoms with Crippen LogP contribution >= 0.6 is 0 Å². The molecule has 1 fully saturated rings. The van der Waals surface area contributed by atoms with Gasteiger partial charge in [-0.3, -0.25) is 4.79 Å². The summed E-state index contributed by atoms with van der Waals surface area (Å²) in [5, 5.41) is 3.37. The fourth-order valence-electron chi connectivity index (χ4n) is 2.81. The molecule has 2 aliphatic heterocycles. The molecule has 0 radical (unpaired) electrons. The van der Waals surface area contributed by atoms with Gasteiger partial charge in [0.05, 0.1) is 6.61 Å². The van der Waals surface area contributed by atoms with Crippen LogP contribution in [0, 0.1) is 5.92 Å². The number of Topliss-reactive ketones (excluding diaryl/α,β-unsaturated/α-hetero) is 1. The van der Waals surface area contributed by atoms with Gasteiger partial charge in [0.1, 0.15) is 0 Å². The minimum atomic E-state index is 0.0633. The van der Waals surface area contributed by atoms with Crippen LogP contribution in [0.15, 0.2) is 18.2 Å². The van der Waals surface area contributed by atoms with Gasteiger partial charge in [-0.2, -0.15) is 0 Å². The van der Waals surface area contributed by atoms with Gasteiger partial charge in [-0.05, 0) is 49.4 Å². The minimum absolute atomic E-state index is 0.0633. The molecule has 1 atom stereocenters. The number of aryl methyl sites for hydroxylation is 1. The summed E-state index contributed by atoms with van der Waals surface area (Å²) in [4.78, 5) is 12.4. The highest BCUT2D eigenvalue weighted by molar-refractivity contribution is 5.98. The molecular weight excluding hydrogens is 226 g/mol. The van der Waals surface area contributed by atoms with E-state index < -0.39 is 0 Å². The van der Waals surface area contributed by atoms with Crippen molar-refractivity contribution in [2.75, 3.05) is 25.1 Å². The summed E-state index contributed by atoms with van der Waals surface area (Å²) < 4.78 is 5.40. The van der Waals surface area contributed by atoms with E-state index in [-0.39, 0.29) is 11.7 Å². The largest absolute Gasteiger partial charge is 0.385 e. The Morgan fingerprint density at radius 3 is 3.11 bits per heavy atom. The molecule has 1 aromatic rings. The van der Waals surface area contributed by atoms with E-state index >= 15 is 0 Å². The van der Waals surface area contributed by atoms with Crippen molar-refractivity contribution >= 4 is 11.5 Å². The molecule has 3 rings (SSSR count). The molecule has 0 amide bonds. The van der Waals surface area contributed by atoms with Crippen molar-refractivity contribution in [3.63, 3.8) is 0 Å². The van der Waals surface area contributed by atoms with Crippen molar-refractivity contribution in [3.05, 3.63) is 29.3 Å². The van der Waals surface area contributed by atoms with E-state index in [1.165, 1.54) is 11.3 Å². The fourth-order valence-corrected chi connectivity index (χ4v) is 2.81. The van der Waals surface area contributed by atoms with E-state index in [2.05, 4.69) is 11.4 Å². The van der Waals surface area contributed by atoms with E-state index in [1.807, 2.05) is 12.1 Å². The maximum atomic E-state index is 12.4. The molecule has 96 valence electrons. The summed E-state index contributed by atoms with van der Waals surface area (Å²) in [5.41, 5.74) is 3.33. The van der Waals surface area contributed by atoms with Gasteiger partial charge in [0.25, 0.3) is 0 Å². The zero-order chi connectivity index (χ0) is 12.4. The topological polar surface area (TPSA) is 38.3 Å². The number of ketones is 1. The average molecular weight is 245 g/mol. The highest BCUT2D eigenvalue weighted by atomic mass is 16.5. The van der Waals surface area contributed by atoms with E-state index in [0.29, 0.717) is 6.61 Å². The summed E-state index contributed by atoms with van der Waals surface area (Å²) in [7, 11) is 0. The predicted molar refractivity (Wildman–Crippen MR) is 71.1 cm³/mol. The van der Waals surface area contributed by atoms with Crippen molar-refractivity contribution < 1.29 is 9.53 Å². The first-order valence-electron chi connectivity index (χ1n) is 6.83. The van der Waals surface area contributed by atoms with E-state index in [4.69, 9.17) is 4.74 Å². The van der Waals surface area contributed by atoms with Crippen LogP contribution in [-0.2, 0) is 11.2 Å². The van der Waals surface area contributed by atoms with Crippen molar-refractivity contribution in [1.29, 1.82) is 0 Å². The maximum absolute atomic E-state index is 12.4. The molecule has 0 bridgehead atoms. The Morgan fingerprint density at radius 1 is 1.33 bits per heavy atom. The van der Waals surface area contributed by atoms with Crippen molar-refractivity contribution in [3.8, 4) is 0 Å². The van der Waals surface area contributed by atoms with Gasteiger partial charge in [-0.15, -0.1) is 0 Å². The molecule has 2 heterocycles. The minimum Gasteiger partial charge on any atom is -0.385 e. The summed E-state index contributed by atoms with van der Waals surface area (Å²) in [6, 6.07) is 6.07. The summed E-state index contributed by atoms with van der Waals surface area (Å²) in [6.07, 6.45) is 4.19. The van der Waals surface area contributed by atoms with Gasteiger partial charge in [-0.25, -0.2) is 0 Å². The summed E-state index contributed by atoms with van der Waals surface area (Å²) >= 11 is 0. The molecule has 1 saturated heterocycles. The number of ether oxygens (including phenoxy) is 1. The van der Waals surface area contributed by atoms with Gasteiger partial charge >= 0.3 is 0 Å². The van der Waals surface area contributed by atoms with E-state index in [1.54, 1.807) is 0 Å². The van der Waals surface area contributed by atoms with Gasteiger partial charge in [0.2, 0.25) is 0 Å². The lowest BCUT2D eigenvalue weighted by Gasteiger charge is -2.22. The van der Waals surface area contributed by atoms with Crippen LogP contribution in [0.2, 0.25) is 0 Å². The second-order valence-corrected chi connectivity index (χ2v) is 5.18. The fraction of sp³-hybridized carbons (Fsp3) is 0.533. The third-order valence-corrected chi connectivity index (χ3v) is 3.86. The lowest BCUT2D eigenvalue weighted by atomic mass is 9.90. The third-order valence-electron chi connectivity index (χ3n) is 3.86. The molecule has 1 unspecified atom stereocenters. The van der Waals surface area contributed by atoms with Crippen LogP contribution in [0.5, 0.6) is 0 Å². The second-order valence-electron chi connectivity index (χ2n) is 5.18. The Hall–Kier alpha value is -1.35. The van der Waals surface area contributed by atoms with Crippen LogP contribution in [0.4, 0.5) is 5.69 Å². The standard InChI is InChI=1S/C15H19NO2/c17-15(13-4-2-8-18-10-13)12-5-6-14-11(9-12)3-1-7-16-14/h5-6,9,13,16H,1-4,7-8,10H2. The first-order chi connectivity index (χ1) is 8.84. The number of nitrogens with one attached hydrogen (secondary N) is 1. The van der Waals surface area contributed by atoms with Crippen molar-refractivity contribution in [2.45, 2.75) is 25.7 Å². The maximum Gasteiger partial charge on any atom is 0.168 e. The number of carbonyl (C=O) groups is 1. The Bertz CT molecular complexity index is 450. The van der Waals surface area contributed by atoms with Crippen molar-refractivity contribution in [2.24, 2.45) is 5.92 Å². The zero-order valence-corrected chi connectivity index (χ0v) is 10.6. The highest BCUT2D eigenvalue weighted by Crippen LogP contribution is 2.25. The van der Waals surface area contributed by atoms with E-state index in [9.17, 15) is 4.79 Å². The van der Waals surface area contributed by atoms with Crippen LogP contribution in [0.1, 0.15) is 35.2 Å². The average Bonchev–Trinajstić information content (AvgIpc) is 2.47. The lowest BCUT2D eigenvalue weighted by molar-refractivity contribution is 0.0461. The normalized spacial score (nSPS) is 23.0.